The highest BCUT2D eigenvalue weighted by Gasteiger charge is 2.16. The number of hydrogen-bond acceptors (Lipinski definition) is 2. The van der Waals surface area contributed by atoms with E-state index in [9.17, 15) is 4.79 Å². The Kier molecular flexibility index (Phi) is 3.08. The fraction of sp³-hybridized carbons (Fsp3) is 0.235. The zero-order chi connectivity index (χ0) is 13.2. The van der Waals surface area contributed by atoms with Crippen molar-refractivity contribution in [3.8, 4) is 5.75 Å². The highest BCUT2D eigenvalue weighted by molar-refractivity contribution is 6.09. The molecule has 19 heavy (non-hydrogen) atoms. The van der Waals surface area contributed by atoms with Crippen LogP contribution in [0.5, 0.6) is 5.75 Å². The van der Waals surface area contributed by atoms with Crippen molar-refractivity contribution in [1.82, 2.24) is 0 Å². The Balaban J connectivity index is 1.95. The van der Waals surface area contributed by atoms with Gasteiger partial charge in [-0.15, -0.1) is 0 Å². The summed E-state index contributed by atoms with van der Waals surface area (Å²) in [6, 6.07) is 13.6. The van der Waals surface area contributed by atoms with Crippen LogP contribution in [0, 0.1) is 0 Å². The maximum Gasteiger partial charge on any atom is 0.193 e. The van der Waals surface area contributed by atoms with E-state index in [2.05, 4.69) is 6.92 Å². The first-order valence-electron chi connectivity index (χ1n) is 6.67. The molecule has 2 heteroatoms. The Morgan fingerprint density at radius 2 is 2.00 bits per heavy atom. The van der Waals surface area contributed by atoms with Gasteiger partial charge in [-0.05, 0) is 41.8 Å². The summed E-state index contributed by atoms with van der Waals surface area (Å²) in [6.45, 7) is 2.81. The second kappa shape index (κ2) is 4.88. The number of ketones is 1. The average Bonchev–Trinajstić information content (AvgIpc) is 2.94. The van der Waals surface area contributed by atoms with Gasteiger partial charge in [-0.1, -0.05) is 25.1 Å². The minimum Gasteiger partial charge on any atom is -0.493 e. The lowest BCUT2D eigenvalue weighted by molar-refractivity contribution is 0.103. The van der Waals surface area contributed by atoms with Crippen LogP contribution in [0.2, 0.25) is 0 Å². The number of carbonyl (C=O) groups is 1. The minimum absolute atomic E-state index is 0.0880. The van der Waals surface area contributed by atoms with Gasteiger partial charge in [0.25, 0.3) is 0 Å². The lowest BCUT2D eigenvalue weighted by atomic mass is 9.98. The van der Waals surface area contributed by atoms with Crippen LogP contribution in [0.4, 0.5) is 0 Å². The maximum atomic E-state index is 12.5. The van der Waals surface area contributed by atoms with Crippen LogP contribution in [-0.2, 0) is 12.8 Å². The molecule has 0 aliphatic carbocycles. The molecule has 1 heterocycles. The SMILES string of the molecule is CCc1cccc(C(=O)c2ccc3c(c2)CCO3)c1. The Morgan fingerprint density at radius 3 is 2.84 bits per heavy atom. The molecule has 0 bridgehead atoms. The number of carbonyl (C=O) groups excluding carboxylic acids is 1. The molecule has 1 aliphatic heterocycles. The van der Waals surface area contributed by atoms with Crippen molar-refractivity contribution >= 4 is 5.78 Å². The number of benzene rings is 2. The topological polar surface area (TPSA) is 26.3 Å². The summed E-state index contributed by atoms with van der Waals surface area (Å²) in [4.78, 5) is 12.5. The summed E-state index contributed by atoms with van der Waals surface area (Å²) in [5.74, 6) is 1.00. The number of aryl methyl sites for hydroxylation is 1. The van der Waals surface area contributed by atoms with Gasteiger partial charge in [-0.25, -0.2) is 0 Å². The van der Waals surface area contributed by atoms with E-state index >= 15 is 0 Å². The third-order valence-corrected chi connectivity index (χ3v) is 3.55. The first kappa shape index (κ1) is 12.0. The largest absolute Gasteiger partial charge is 0.493 e. The molecule has 0 N–H and O–H groups in total. The van der Waals surface area contributed by atoms with Crippen LogP contribution in [0.15, 0.2) is 42.5 Å². The molecule has 0 fully saturated rings. The monoisotopic (exact) mass is 252 g/mol. The van der Waals surface area contributed by atoms with Crippen molar-refractivity contribution in [3.05, 3.63) is 64.7 Å². The van der Waals surface area contributed by atoms with Gasteiger partial charge >= 0.3 is 0 Å². The van der Waals surface area contributed by atoms with Gasteiger partial charge in [0.15, 0.2) is 5.78 Å². The quantitative estimate of drug-likeness (QED) is 0.782. The number of fused-ring (bicyclic) bond motifs is 1. The van der Waals surface area contributed by atoms with E-state index in [1.807, 2.05) is 42.5 Å². The van der Waals surface area contributed by atoms with Crippen LogP contribution in [0.1, 0.15) is 34.0 Å². The first-order chi connectivity index (χ1) is 9.28. The fourth-order valence-electron chi connectivity index (χ4n) is 2.43. The molecule has 0 aromatic heterocycles. The summed E-state index contributed by atoms with van der Waals surface area (Å²) in [5, 5.41) is 0. The molecular formula is C17H16O2. The number of ether oxygens (including phenoxy) is 1. The predicted molar refractivity (Wildman–Crippen MR) is 74.9 cm³/mol. The Morgan fingerprint density at radius 1 is 1.16 bits per heavy atom. The zero-order valence-electron chi connectivity index (χ0n) is 11.0. The molecule has 0 radical (unpaired) electrons. The Hall–Kier alpha value is -2.09. The van der Waals surface area contributed by atoms with Crippen molar-refractivity contribution in [2.75, 3.05) is 6.61 Å². The van der Waals surface area contributed by atoms with Crippen LogP contribution in [0.25, 0.3) is 0 Å². The van der Waals surface area contributed by atoms with E-state index in [-0.39, 0.29) is 5.78 Å². The van der Waals surface area contributed by atoms with E-state index in [0.29, 0.717) is 0 Å². The van der Waals surface area contributed by atoms with E-state index in [1.165, 1.54) is 5.56 Å². The van der Waals surface area contributed by atoms with Crippen molar-refractivity contribution in [1.29, 1.82) is 0 Å². The summed E-state index contributed by atoms with van der Waals surface area (Å²) in [7, 11) is 0. The third-order valence-electron chi connectivity index (χ3n) is 3.55. The fourth-order valence-corrected chi connectivity index (χ4v) is 2.43. The van der Waals surface area contributed by atoms with Gasteiger partial charge in [0.05, 0.1) is 6.61 Å². The van der Waals surface area contributed by atoms with Gasteiger partial charge in [0.2, 0.25) is 0 Å². The van der Waals surface area contributed by atoms with Crippen LogP contribution in [-0.4, -0.2) is 12.4 Å². The van der Waals surface area contributed by atoms with Crippen molar-refractivity contribution in [3.63, 3.8) is 0 Å². The molecular weight excluding hydrogens is 236 g/mol. The van der Waals surface area contributed by atoms with Crippen molar-refractivity contribution in [2.24, 2.45) is 0 Å². The predicted octanol–water partition coefficient (Wildman–Crippen LogP) is 3.41. The average molecular weight is 252 g/mol. The molecule has 1 aliphatic rings. The summed E-state index contributed by atoms with van der Waals surface area (Å²) >= 11 is 0. The normalized spacial score (nSPS) is 12.9. The number of hydrogen-bond donors (Lipinski definition) is 0. The Labute approximate surface area is 113 Å². The lowest BCUT2D eigenvalue weighted by Crippen LogP contribution is -2.02. The Bertz CT molecular complexity index is 629. The lowest BCUT2D eigenvalue weighted by Gasteiger charge is -2.05. The van der Waals surface area contributed by atoms with Gasteiger partial charge in [-0.3, -0.25) is 4.79 Å². The third kappa shape index (κ3) is 2.26. The van der Waals surface area contributed by atoms with Gasteiger partial charge in [0, 0.05) is 17.5 Å². The molecule has 0 amide bonds. The molecule has 0 saturated carbocycles. The first-order valence-corrected chi connectivity index (χ1v) is 6.67. The van der Waals surface area contributed by atoms with Gasteiger partial charge < -0.3 is 4.74 Å². The second-order valence-corrected chi connectivity index (χ2v) is 4.80. The van der Waals surface area contributed by atoms with Gasteiger partial charge in [0.1, 0.15) is 5.75 Å². The van der Waals surface area contributed by atoms with Gasteiger partial charge in [-0.2, -0.15) is 0 Å². The van der Waals surface area contributed by atoms with Crippen LogP contribution in [0.3, 0.4) is 0 Å². The molecule has 2 aromatic rings. The maximum absolute atomic E-state index is 12.5. The van der Waals surface area contributed by atoms with Crippen LogP contribution >= 0.6 is 0 Å². The molecule has 0 atom stereocenters. The zero-order valence-corrected chi connectivity index (χ0v) is 11.0. The van der Waals surface area contributed by atoms with Crippen molar-refractivity contribution in [2.45, 2.75) is 19.8 Å². The highest BCUT2D eigenvalue weighted by Crippen LogP contribution is 2.26. The van der Waals surface area contributed by atoms with E-state index in [4.69, 9.17) is 4.74 Å². The molecule has 2 nitrogen and oxygen atoms in total. The number of rotatable bonds is 3. The molecule has 3 rings (SSSR count). The molecule has 0 unspecified atom stereocenters. The smallest absolute Gasteiger partial charge is 0.193 e. The molecule has 0 spiro atoms. The second-order valence-electron chi connectivity index (χ2n) is 4.80. The van der Waals surface area contributed by atoms with Crippen molar-refractivity contribution < 1.29 is 9.53 Å². The van der Waals surface area contributed by atoms with Crippen LogP contribution < -0.4 is 4.74 Å². The standard InChI is InChI=1S/C17H16O2/c1-2-12-4-3-5-14(10-12)17(18)15-6-7-16-13(11-15)8-9-19-16/h3-7,10-11H,2,8-9H2,1H3. The van der Waals surface area contributed by atoms with E-state index in [0.717, 1.165) is 41.9 Å². The highest BCUT2D eigenvalue weighted by atomic mass is 16.5. The molecule has 0 saturated heterocycles. The van der Waals surface area contributed by atoms with E-state index < -0.39 is 0 Å². The summed E-state index contributed by atoms with van der Waals surface area (Å²) in [6.07, 6.45) is 1.84. The molecule has 96 valence electrons. The molecule has 2 aromatic carbocycles. The summed E-state index contributed by atoms with van der Waals surface area (Å²) < 4.78 is 5.46. The van der Waals surface area contributed by atoms with E-state index in [1.54, 1.807) is 0 Å². The minimum atomic E-state index is 0.0880. The summed E-state index contributed by atoms with van der Waals surface area (Å²) in [5.41, 5.74) is 3.84.